The molecule has 1 N–H and O–H groups in total. The molecule has 0 bridgehead atoms. The van der Waals surface area contributed by atoms with E-state index < -0.39 is 24.5 Å². The lowest BCUT2D eigenvalue weighted by Gasteiger charge is -2.33. The van der Waals surface area contributed by atoms with E-state index in [4.69, 9.17) is 0 Å². The van der Waals surface area contributed by atoms with Gasteiger partial charge in [0.05, 0.1) is 11.3 Å². The Morgan fingerprint density at radius 2 is 2.24 bits per heavy atom. The molecular weight excluding hydrogens is 353 g/mol. The molecule has 0 spiro atoms. The zero-order valence-electron chi connectivity index (χ0n) is 13.8. The maximum Gasteiger partial charge on any atom is 0.405 e. The number of carbonyl (C=O) groups excluding carboxylic acids is 1. The Labute approximate surface area is 147 Å². The van der Waals surface area contributed by atoms with Gasteiger partial charge in [0.2, 0.25) is 5.91 Å². The van der Waals surface area contributed by atoms with Gasteiger partial charge in [0, 0.05) is 19.5 Å². The molecule has 0 radical (unpaired) electrons. The number of amides is 1. The number of nitrogens with zero attached hydrogens (tertiary/aromatic N) is 3. The molecule has 0 aromatic carbocycles. The van der Waals surface area contributed by atoms with E-state index in [1.54, 1.807) is 0 Å². The van der Waals surface area contributed by atoms with Crippen LogP contribution in [0.25, 0.3) is 10.2 Å². The van der Waals surface area contributed by atoms with Gasteiger partial charge in [0.15, 0.2) is 0 Å². The number of anilines is 1. The second-order valence-corrected chi connectivity index (χ2v) is 6.97. The predicted octanol–water partition coefficient (Wildman–Crippen LogP) is 3.15. The van der Waals surface area contributed by atoms with Crippen LogP contribution in [0.4, 0.5) is 19.0 Å². The molecule has 2 aromatic rings. The first kappa shape index (κ1) is 17.9. The Kier molecular flexibility index (Phi) is 5.12. The fraction of sp³-hybridized carbons (Fsp3) is 0.562. The van der Waals surface area contributed by atoms with E-state index in [9.17, 15) is 18.0 Å². The standard InChI is InChI=1S/C16H19F3N4OS/c1-2-12-21-13(11-5-7-25-15(11)22-12)23-6-3-4-10(8-23)14(24)20-9-16(17,18)19/h5,7,10H,2-4,6,8-9H2,1H3,(H,20,24). The molecule has 5 nitrogen and oxygen atoms in total. The summed E-state index contributed by atoms with van der Waals surface area (Å²) in [5, 5.41) is 4.87. The first-order valence-electron chi connectivity index (χ1n) is 8.21. The van der Waals surface area contributed by atoms with Crippen molar-refractivity contribution in [2.45, 2.75) is 32.4 Å². The van der Waals surface area contributed by atoms with Crippen LogP contribution in [0.5, 0.6) is 0 Å². The van der Waals surface area contributed by atoms with Gasteiger partial charge in [-0.05, 0) is 24.3 Å². The summed E-state index contributed by atoms with van der Waals surface area (Å²) in [5.41, 5.74) is 0. The number of fused-ring (bicyclic) bond motifs is 1. The average Bonchev–Trinajstić information content (AvgIpc) is 3.06. The predicted molar refractivity (Wildman–Crippen MR) is 90.8 cm³/mol. The van der Waals surface area contributed by atoms with Crippen molar-refractivity contribution < 1.29 is 18.0 Å². The number of hydrogen-bond acceptors (Lipinski definition) is 5. The molecule has 1 fully saturated rings. The second-order valence-electron chi connectivity index (χ2n) is 6.07. The zero-order valence-corrected chi connectivity index (χ0v) is 14.6. The highest BCUT2D eigenvalue weighted by Crippen LogP contribution is 2.31. The molecule has 1 atom stereocenters. The molecule has 9 heteroatoms. The lowest BCUT2D eigenvalue weighted by Crippen LogP contribution is -2.45. The number of rotatable bonds is 4. The van der Waals surface area contributed by atoms with Gasteiger partial charge < -0.3 is 10.2 Å². The van der Waals surface area contributed by atoms with Crippen molar-refractivity contribution >= 4 is 33.3 Å². The molecule has 1 aliphatic heterocycles. The fourth-order valence-corrected chi connectivity index (χ4v) is 3.77. The van der Waals surface area contributed by atoms with Crippen LogP contribution in [0.1, 0.15) is 25.6 Å². The number of piperidine rings is 1. The third-order valence-electron chi connectivity index (χ3n) is 4.22. The molecule has 0 aliphatic carbocycles. The van der Waals surface area contributed by atoms with Crippen LogP contribution in [-0.2, 0) is 11.2 Å². The van der Waals surface area contributed by atoms with Crippen molar-refractivity contribution in [3.63, 3.8) is 0 Å². The Morgan fingerprint density at radius 3 is 2.96 bits per heavy atom. The third kappa shape index (κ3) is 4.20. The van der Waals surface area contributed by atoms with Crippen LogP contribution in [0.2, 0.25) is 0 Å². The summed E-state index contributed by atoms with van der Waals surface area (Å²) in [5.74, 6) is 0.489. The lowest BCUT2D eigenvalue weighted by molar-refractivity contribution is -0.140. The van der Waals surface area contributed by atoms with E-state index in [0.29, 0.717) is 19.4 Å². The Hall–Kier alpha value is -1.90. The van der Waals surface area contributed by atoms with Crippen LogP contribution < -0.4 is 10.2 Å². The number of alkyl halides is 3. The lowest BCUT2D eigenvalue weighted by atomic mass is 9.97. The molecule has 2 aromatic heterocycles. The summed E-state index contributed by atoms with van der Waals surface area (Å²) < 4.78 is 36.9. The van der Waals surface area contributed by atoms with Crippen LogP contribution in [0, 0.1) is 5.92 Å². The van der Waals surface area contributed by atoms with Crippen molar-refractivity contribution in [1.29, 1.82) is 0 Å². The van der Waals surface area contributed by atoms with Crippen LogP contribution in [-0.4, -0.2) is 41.7 Å². The molecule has 25 heavy (non-hydrogen) atoms. The van der Waals surface area contributed by atoms with Crippen molar-refractivity contribution in [1.82, 2.24) is 15.3 Å². The maximum absolute atomic E-state index is 12.3. The van der Waals surface area contributed by atoms with E-state index in [-0.39, 0.29) is 0 Å². The third-order valence-corrected chi connectivity index (χ3v) is 5.03. The maximum atomic E-state index is 12.3. The highest BCUT2D eigenvalue weighted by Gasteiger charge is 2.32. The van der Waals surface area contributed by atoms with Gasteiger partial charge in [0.1, 0.15) is 23.0 Å². The quantitative estimate of drug-likeness (QED) is 0.896. The summed E-state index contributed by atoms with van der Waals surface area (Å²) in [7, 11) is 0. The zero-order chi connectivity index (χ0) is 18.0. The minimum atomic E-state index is -4.39. The second kappa shape index (κ2) is 7.15. The average molecular weight is 372 g/mol. The number of hydrogen-bond donors (Lipinski definition) is 1. The van der Waals surface area contributed by atoms with Gasteiger partial charge in [-0.3, -0.25) is 4.79 Å². The first-order valence-corrected chi connectivity index (χ1v) is 9.09. The fourth-order valence-electron chi connectivity index (χ4n) is 3.00. The summed E-state index contributed by atoms with van der Waals surface area (Å²) in [6, 6.07) is 1.95. The summed E-state index contributed by atoms with van der Waals surface area (Å²) in [6.45, 7) is 1.79. The number of aryl methyl sites for hydroxylation is 1. The number of halogens is 3. The van der Waals surface area contributed by atoms with E-state index in [2.05, 4.69) is 9.97 Å². The van der Waals surface area contributed by atoms with Gasteiger partial charge in [-0.25, -0.2) is 9.97 Å². The normalized spacial score (nSPS) is 18.6. The number of carbonyl (C=O) groups is 1. The van der Waals surface area contributed by atoms with E-state index in [1.807, 2.05) is 28.6 Å². The Balaban J connectivity index is 1.77. The van der Waals surface area contributed by atoms with E-state index >= 15 is 0 Å². The SMILES string of the molecule is CCc1nc(N2CCCC(C(=O)NCC(F)(F)F)C2)c2ccsc2n1. The molecular formula is C16H19F3N4OS. The monoisotopic (exact) mass is 372 g/mol. The van der Waals surface area contributed by atoms with Crippen LogP contribution in [0.3, 0.4) is 0 Å². The Bertz CT molecular complexity index is 761. The number of thiophene rings is 1. The van der Waals surface area contributed by atoms with Gasteiger partial charge in [-0.1, -0.05) is 6.92 Å². The molecule has 1 saturated heterocycles. The number of aromatic nitrogens is 2. The molecule has 3 rings (SSSR count). The summed E-state index contributed by atoms with van der Waals surface area (Å²) in [4.78, 5) is 24.1. The van der Waals surface area contributed by atoms with E-state index in [0.717, 1.165) is 34.8 Å². The van der Waals surface area contributed by atoms with Crippen molar-refractivity contribution in [2.24, 2.45) is 5.92 Å². The molecule has 0 saturated carbocycles. The first-order chi connectivity index (χ1) is 11.9. The highest BCUT2D eigenvalue weighted by molar-refractivity contribution is 7.16. The van der Waals surface area contributed by atoms with Crippen molar-refractivity contribution in [3.8, 4) is 0 Å². The van der Waals surface area contributed by atoms with Crippen molar-refractivity contribution in [3.05, 3.63) is 17.3 Å². The summed E-state index contributed by atoms with van der Waals surface area (Å²) in [6.07, 6.45) is -2.38. The minimum Gasteiger partial charge on any atom is -0.355 e. The van der Waals surface area contributed by atoms with Gasteiger partial charge in [-0.2, -0.15) is 13.2 Å². The highest BCUT2D eigenvalue weighted by atomic mass is 32.1. The van der Waals surface area contributed by atoms with Gasteiger partial charge in [0.25, 0.3) is 0 Å². The molecule has 1 amide bonds. The molecule has 136 valence electrons. The molecule has 1 aliphatic rings. The van der Waals surface area contributed by atoms with Gasteiger partial charge in [-0.15, -0.1) is 11.3 Å². The van der Waals surface area contributed by atoms with E-state index in [1.165, 1.54) is 11.3 Å². The number of nitrogens with one attached hydrogen (secondary N) is 1. The molecule has 3 heterocycles. The summed E-state index contributed by atoms with van der Waals surface area (Å²) >= 11 is 1.53. The van der Waals surface area contributed by atoms with Crippen LogP contribution >= 0.6 is 11.3 Å². The Morgan fingerprint density at radius 1 is 1.44 bits per heavy atom. The smallest absolute Gasteiger partial charge is 0.355 e. The van der Waals surface area contributed by atoms with Crippen LogP contribution in [0.15, 0.2) is 11.4 Å². The molecule has 1 unspecified atom stereocenters. The minimum absolute atomic E-state index is 0.370. The van der Waals surface area contributed by atoms with Gasteiger partial charge >= 0.3 is 6.18 Å². The topological polar surface area (TPSA) is 58.1 Å². The van der Waals surface area contributed by atoms with Crippen molar-refractivity contribution in [2.75, 3.05) is 24.5 Å². The largest absolute Gasteiger partial charge is 0.405 e.